The Morgan fingerprint density at radius 1 is 1.33 bits per heavy atom. The van der Waals surface area contributed by atoms with Crippen molar-refractivity contribution >= 4 is 15.9 Å². The van der Waals surface area contributed by atoms with Gasteiger partial charge in [0, 0.05) is 40.4 Å². The zero-order chi connectivity index (χ0) is 17.9. The molecule has 0 radical (unpaired) electrons. The molecule has 1 aliphatic rings. The van der Waals surface area contributed by atoms with Crippen molar-refractivity contribution in [2.45, 2.75) is 24.7 Å². The van der Waals surface area contributed by atoms with E-state index in [9.17, 15) is 13.2 Å². The number of aromatic nitrogens is 1. The van der Waals surface area contributed by atoms with Gasteiger partial charge in [-0.25, -0.2) is 8.42 Å². The Labute approximate surface area is 144 Å². The van der Waals surface area contributed by atoms with E-state index in [0.717, 1.165) is 25.9 Å². The predicted molar refractivity (Wildman–Crippen MR) is 93.5 cm³/mol. The van der Waals surface area contributed by atoms with Crippen LogP contribution in [0.25, 0.3) is 0 Å². The van der Waals surface area contributed by atoms with E-state index in [2.05, 4.69) is 12.2 Å². The third kappa shape index (κ3) is 3.99. The normalized spacial score (nSPS) is 17.2. The monoisotopic (exact) mass is 356 g/mol. The first-order valence-electron chi connectivity index (χ1n) is 8.36. The number of amides is 1. The number of nitrogens with one attached hydrogen (secondary N) is 1. The first-order valence-corrected chi connectivity index (χ1v) is 9.80. The molecule has 1 N–H and O–H groups in total. The molecule has 1 aliphatic heterocycles. The largest absolute Gasteiger partial charge is 0.345 e. The lowest BCUT2D eigenvalue weighted by atomic mass is 9.98. The summed E-state index contributed by atoms with van der Waals surface area (Å²) in [6, 6.07) is 1.47. The summed E-state index contributed by atoms with van der Waals surface area (Å²) in [5.41, 5.74) is 0.376. The molecule has 8 heteroatoms. The molecule has 136 valence electrons. The summed E-state index contributed by atoms with van der Waals surface area (Å²) in [6.45, 7) is 5.01. The molecule has 0 unspecified atom stereocenters. The van der Waals surface area contributed by atoms with Crippen molar-refractivity contribution in [3.05, 3.63) is 18.0 Å². The first-order chi connectivity index (χ1) is 11.3. The fourth-order valence-corrected chi connectivity index (χ4v) is 4.51. The zero-order valence-corrected chi connectivity index (χ0v) is 15.8. The molecule has 1 amide bonds. The molecule has 2 heterocycles. The molecule has 0 aliphatic carbocycles. The summed E-state index contributed by atoms with van der Waals surface area (Å²) in [7, 11) is 1.45. The van der Waals surface area contributed by atoms with E-state index in [0.29, 0.717) is 24.7 Å². The van der Waals surface area contributed by atoms with Gasteiger partial charge in [-0.1, -0.05) is 6.92 Å². The third-order valence-corrected chi connectivity index (χ3v) is 6.36. The van der Waals surface area contributed by atoms with E-state index in [1.165, 1.54) is 21.5 Å². The molecule has 1 saturated heterocycles. The van der Waals surface area contributed by atoms with Crippen LogP contribution in [0.1, 0.15) is 30.3 Å². The Bertz CT molecular complexity index is 673. The molecule has 24 heavy (non-hydrogen) atoms. The topological polar surface area (TPSA) is 74.7 Å². The minimum absolute atomic E-state index is 0.195. The molecule has 7 nitrogen and oxygen atoms in total. The van der Waals surface area contributed by atoms with Crippen molar-refractivity contribution in [1.29, 1.82) is 0 Å². The van der Waals surface area contributed by atoms with Gasteiger partial charge in [-0.15, -0.1) is 0 Å². The fourth-order valence-electron chi connectivity index (χ4n) is 2.97. The molecule has 0 aromatic carbocycles. The Kier molecular flexibility index (Phi) is 6.06. The van der Waals surface area contributed by atoms with Gasteiger partial charge in [-0.2, -0.15) is 4.31 Å². The zero-order valence-electron chi connectivity index (χ0n) is 14.9. The number of carbonyl (C=O) groups excluding carboxylic acids is 1. The van der Waals surface area contributed by atoms with Gasteiger partial charge in [-0.3, -0.25) is 4.79 Å². The maximum Gasteiger partial charge on any atom is 0.269 e. The van der Waals surface area contributed by atoms with Crippen molar-refractivity contribution < 1.29 is 13.2 Å². The van der Waals surface area contributed by atoms with Crippen LogP contribution in [0.4, 0.5) is 0 Å². The lowest BCUT2D eigenvalue weighted by molar-refractivity contribution is 0.0818. The van der Waals surface area contributed by atoms with Crippen molar-refractivity contribution in [1.82, 2.24) is 19.1 Å². The van der Waals surface area contributed by atoms with Gasteiger partial charge in [-0.05, 0) is 37.9 Å². The van der Waals surface area contributed by atoms with Crippen LogP contribution in [0.15, 0.2) is 17.2 Å². The molecule has 1 aromatic rings. The van der Waals surface area contributed by atoms with E-state index in [4.69, 9.17) is 0 Å². The summed E-state index contributed by atoms with van der Waals surface area (Å²) in [5, 5.41) is 3.32. The molecule has 1 aromatic heterocycles. The molecule has 0 atom stereocenters. The van der Waals surface area contributed by atoms with Crippen molar-refractivity contribution in [2.75, 3.05) is 40.3 Å². The van der Waals surface area contributed by atoms with Crippen LogP contribution in [0, 0.1) is 5.92 Å². The van der Waals surface area contributed by atoms with Crippen molar-refractivity contribution in [3.63, 3.8) is 0 Å². The molecular weight excluding hydrogens is 328 g/mol. The molecule has 0 saturated carbocycles. The first kappa shape index (κ1) is 19.0. The van der Waals surface area contributed by atoms with Crippen LogP contribution in [0.5, 0.6) is 0 Å². The SMILES string of the molecule is CCNCC1CCN(S(=O)(=O)c2cc(C(=O)N(C)C)n(C)c2)CC1. The number of aryl methyl sites for hydroxylation is 1. The molecule has 0 spiro atoms. The number of rotatable bonds is 6. The van der Waals surface area contributed by atoms with Crippen LogP contribution < -0.4 is 5.32 Å². The number of hydrogen-bond donors (Lipinski definition) is 1. The third-order valence-electron chi connectivity index (χ3n) is 4.50. The summed E-state index contributed by atoms with van der Waals surface area (Å²) in [4.78, 5) is 13.8. The highest BCUT2D eigenvalue weighted by Gasteiger charge is 2.31. The van der Waals surface area contributed by atoms with Gasteiger partial charge in [0.05, 0.1) is 0 Å². The average Bonchev–Trinajstić information content (AvgIpc) is 2.95. The molecule has 1 fully saturated rings. The smallest absolute Gasteiger partial charge is 0.269 e. The number of carbonyl (C=O) groups is 1. The Hall–Kier alpha value is -1.38. The summed E-state index contributed by atoms with van der Waals surface area (Å²) in [5.74, 6) is 0.321. The number of sulfonamides is 1. The van der Waals surface area contributed by atoms with Crippen LogP contribution in [-0.2, 0) is 17.1 Å². The Morgan fingerprint density at radius 3 is 2.50 bits per heavy atom. The van der Waals surface area contributed by atoms with Crippen molar-refractivity contribution in [3.8, 4) is 0 Å². The molecule has 0 bridgehead atoms. The molecular formula is C16H28N4O3S. The lowest BCUT2D eigenvalue weighted by Gasteiger charge is -2.31. The highest BCUT2D eigenvalue weighted by atomic mass is 32.2. The Balaban J connectivity index is 2.12. The highest BCUT2D eigenvalue weighted by molar-refractivity contribution is 7.89. The van der Waals surface area contributed by atoms with Crippen LogP contribution in [0.3, 0.4) is 0 Å². The summed E-state index contributed by atoms with van der Waals surface area (Å²) in [6.07, 6.45) is 3.25. The van der Waals surface area contributed by atoms with Gasteiger partial charge in [0.25, 0.3) is 5.91 Å². The van der Waals surface area contributed by atoms with E-state index in [-0.39, 0.29) is 10.8 Å². The standard InChI is InChI=1S/C16H28N4O3S/c1-5-17-11-13-6-8-20(9-7-13)24(22,23)14-10-15(19(4)12-14)16(21)18(2)3/h10,12-13,17H,5-9,11H2,1-4H3. The molecule has 2 rings (SSSR count). The predicted octanol–water partition coefficient (Wildman–Crippen LogP) is 0.737. The minimum atomic E-state index is -3.55. The van der Waals surface area contributed by atoms with Gasteiger partial charge in [0.15, 0.2) is 0 Å². The van der Waals surface area contributed by atoms with E-state index < -0.39 is 10.0 Å². The minimum Gasteiger partial charge on any atom is -0.345 e. The van der Waals surface area contributed by atoms with Crippen LogP contribution in [-0.4, -0.2) is 68.4 Å². The second-order valence-electron chi connectivity index (χ2n) is 6.53. The second kappa shape index (κ2) is 7.67. The maximum atomic E-state index is 12.8. The quantitative estimate of drug-likeness (QED) is 0.816. The number of nitrogens with zero attached hydrogens (tertiary/aromatic N) is 3. The van der Waals surface area contributed by atoms with Gasteiger partial charge in [0.1, 0.15) is 10.6 Å². The average molecular weight is 356 g/mol. The summed E-state index contributed by atoms with van der Waals surface area (Å²) < 4.78 is 28.8. The van der Waals surface area contributed by atoms with Gasteiger partial charge < -0.3 is 14.8 Å². The van der Waals surface area contributed by atoms with E-state index in [1.54, 1.807) is 25.7 Å². The van der Waals surface area contributed by atoms with Gasteiger partial charge >= 0.3 is 0 Å². The van der Waals surface area contributed by atoms with E-state index in [1.807, 2.05) is 0 Å². The number of hydrogen-bond acceptors (Lipinski definition) is 4. The number of piperidine rings is 1. The Morgan fingerprint density at radius 2 is 1.96 bits per heavy atom. The second-order valence-corrected chi connectivity index (χ2v) is 8.46. The van der Waals surface area contributed by atoms with Gasteiger partial charge in [0.2, 0.25) is 10.0 Å². The van der Waals surface area contributed by atoms with E-state index >= 15 is 0 Å². The summed E-state index contributed by atoms with van der Waals surface area (Å²) >= 11 is 0. The lowest BCUT2D eigenvalue weighted by Crippen LogP contribution is -2.40. The van der Waals surface area contributed by atoms with Crippen molar-refractivity contribution in [2.24, 2.45) is 13.0 Å². The van der Waals surface area contributed by atoms with Crippen LogP contribution in [0.2, 0.25) is 0 Å². The highest BCUT2D eigenvalue weighted by Crippen LogP contribution is 2.25. The van der Waals surface area contributed by atoms with Crippen LogP contribution >= 0.6 is 0 Å². The maximum absolute atomic E-state index is 12.8. The fraction of sp³-hybridized carbons (Fsp3) is 0.688.